The smallest absolute Gasteiger partial charge is 0.339 e. The van der Waals surface area contributed by atoms with Crippen LogP contribution in [0.5, 0.6) is 0 Å². The minimum Gasteiger partial charge on any atom is -0.465 e. The molecule has 3 aromatic rings. The Morgan fingerprint density at radius 1 is 1.50 bits per heavy atom. The number of thiazole rings is 1. The van der Waals surface area contributed by atoms with Crippen molar-refractivity contribution < 1.29 is 14.7 Å². The molecule has 0 saturated heterocycles. The number of hydrogen-bond donors (Lipinski definition) is 2. The van der Waals surface area contributed by atoms with Crippen LogP contribution in [0.2, 0.25) is 0 Å². The number of benzene rings is 1. The quantitative estimate of drug-likeness (QED) is 0.552. The Bertz CT molecular complexity index is 813. The van der Waals surface area contributed by atoms with E-state index < -0.39 is 0 Å². The highest BCUT2D eigenvalue weighted by Crippen LogP contribution is 2.34. The van der Waals surface area contributed by atoms with Crippen LogP contribution in [0, 0.1) is 0 Å². The van der Waals surface area contributed by atoms with Crippen LogP contribution in [0.4, 0.5) is 0 Å². The molecule has 0 radical (unpaired) electrons. The second-order valence-electron chi connectivity index (χ2n) is 4.34. The Morgan fingerprint density at radius 2 is 2.32 bits per heavy atom. The predicted molar refractivity (Wildman–Crippen MR) is 83.6 cm³/mol. The normalized spacial score (nSPS) is 11.0. The number of hydrogen-bond acceptors (Lipinski definition) is 7. The summed E-state index contributed by atoms with van der Waals surface area (Å²) in [6.45, 7) is 0.265. The summed E-state index contributed by atoms with van der Waals surface area (Å²) in [6, 6.07) is 7.21. The molecule has 0 unspecified atom stereocenters. The van der Waals surface area contributed by atoms with Gasteiger partial charge in [-0.15, -0.1) is 11.3 Å². The number of aromatic nitrogens is 2. The lowest BCUT2D eigenvalue weighted by atomic mass is 10.2. The first-order valence-corrected chi connectivity index (χ1v) is 8.10. The summed E-state index contributed by atoms with van der Waals surface area (Å²) in [5, 5.41) is 11.7. The monoisotopic (exact) mass is 335 g/mol. The highest BCUT2D eigenvalue weighted by Gasteiger charge is 2.18. The second kappa shape index (κ2) is 6.49. The number of fused-ring (bicyclic) bond motifs is 1. The van der Waals surface area contributed by atoms with Crippen LogP contribution in [0.15, 0.2) is 45.8 Å². The molecule has 0 atom stereocenters. The Hall–Kier alpha value is -1.87. The molecule has 114 valence electrons. The molecular weight excluding hydrogens is 322 g/mol. The van der Waals surface area contributed by atoms with E-state index in [1.54, 1.807) is 12.1 Å². The van der Waals surface area contributed by atoms with Gasteiger partial charge < -0.3 is 9.94 Å². The minimum absolute atomic E-state index is 0.265. The zero-order valence-corrected chi connectivity index (χ0v) is 13.3. The third-order valence-electron chi connectivity index (χ3n) is 3.07. The molecule has 3 rings (SSSR count). The number of rotatable bonds is 5. The van der Waals surface area contributed by atoms with E-state index in [4.69, 9.17) is 9.94 Å². The zero-order valence-electron chi connectivity index (χ0n) is 11.6. The molecule has 0 fully saturated rings. The maximum atomic E-state index is 11.8. The summed E-state index contributed by atoms with van der Waals surface area (Å²) in [5.74, 6) is -0.383. The van der Waals surface area contributed by atoms with Crippen LogP contribution >= 0.6 is 23.1 Å². The van der Waals surface area contributed by atoms with Crippen LogP contribution in [-0.4, -0.2) is 27.7 Å². The summed E-state index contributed by atoms with van der Waals surface area (Å²) in [7, 11) is 1.36. The molecule has 0 amide bonds. The largest absolute Gasteiger partial charge is 0.465 e. The fraction of sp³-hybridized carbons (Fsp3) is 0.143. The van der Waals surface area contributed by atoms with Crippen molar-refractivity contribution in [2.45, 2.75) is 16.5 Å². The van der Waals surface area contributed by atoms with E-state index in [9.17, 15) is 4.79 Å². The van der Waals surface area contributed by atoms with Crippen LogP contribution in [-0.2, 0) is 11.3 Å². The van der Waals surface area contributed by atoms with E-state index in [1.165, 1.54) is 30.2 Å². The Morgan fingerprint density at radius 3 is 3.09 bits per heavy atom. The van der Waals surface area contributed by atoms with Crippen LogP contribution in [0.1, 0.15) is 16.1 Å². The Labute approximate surface area is 134 Å². The van der Waals surface area contributed by atoms with Crippen molar-refractivity contribution in [2.24, 2.45) is 0 Å². The van der Waals surface area contributed by atoms with Gasteiger partial charge in [-0.3, -0.25) is 4.40 Å². The van der Waals surface area contributed by atoms with Gasteiger partial charge in [-0.25, -0.2) is 9.78 Å². The lowest BCUT2D eigenvalue weighted by molar-refractivity contribution is 0.0597. The number of hydroxylamine groups is 1. The Balaban J connectivity index is 2.01. The van der Waals surface area contributed by atoms with Gasteiger partial charge in [0, 0.05) is 16.5 Å². The third-order valence-corrected chi connectivity index (χ3v) is 4.92. The fourth-order valence-electron chi connectivity index (χ4n) is 2.07. The van der Waals surface area contributed by atoms with E-state index in [2.05, 4.69) is 10.5 Å². The lowest BCUT2D eigenvalue weighted by Gasteiger charge is -2.07. The van der Waals surface area contributed by atoms with Crippen molar-refractivity contribution in [2.75, 3.05) is 7.11 Å². The van der Waals surface area contributed by atoms with Gasteiger partial charge in [-0.05, 0) is 12.1 Å². The molecule has 2 N–H and O–H groups in total. The van der Waals surface area contributed by atoms with E-state index in [0.29, 0.717) is 5.56 Å². The average Bonchev–Trinajstić information content (AvgIpc) is 3.10. The van der Waals surface area contributed by atoms with Crippen molar-refractivity contribution >= 4 is 34.0 Å². The summed E-state index contributed by atoms with van der Waals surface area (Å²) >= 11 is 2.89. The summed E-state index contributed by atoms with van der Waals surface area (Å²) in [5.41, 5.74) is 3.50. The fourth-order valence-corrected chi connectivity index (χ4v) is 3.90. The van der Waals surface area contributed by atoms with Crippen molar-refractivity contribution in [3.8, 4) is 0 Å². The van der Waals surface area contributed by atoms with Crippen molar-refractivity contribution in [3.63, 3.8) is 0 Å². The first-order valence-electron chi connectivity index (χ1n) is 6.41. The summed E-state index contributed by atoms with van der Waals surface area (Å²) in [6.07, 6.45) is 1.90. The standard InChI is InChI=1S/C14H13N3O3S2/c1-20-13(18)9-4-2-3-5-11(9)22-12-10(8-15-19)17-6-7-21-14(17)16-12/h2-7,15,19H,8H2,1H3. The molecule has 1 aromatic carbocycles. The van der Waals surface area contributed by atoms with Gasteiger partial charge in [-0.2, -0.15) is 5.48 Å². The van der Waals surface area contributed by atoms with Crippen LogP contribution in [0.3, 0.4) is 0 Å². The highest BCUT2D eigenvalue weighted by atomic mass is 32.2. The summed E-state index contributed by atoms with van der Waals surface area (Å²) < 4.78 is 6.72. The molecule has 22 heavy (non-hydrogen) atoms. The molecule has 0 saturated carbocycles. The lowest BCUT2D eigenvalue weighted by Crippen LogP contribution is -2.09. The number of nitrogens with one attached hydrogen (secondary N) is 1. The average molecular weight is 335 g/mol. The molecule has 8 heteroatoms. The first-order chi connectivity index (χ1) is 10.7. The number of methoxy groups -OCH3 is 1. The van der Waals surface area contributed by atoms with Crippen molar-refractivity contribution in [3.05, 3.63) is 47.1 Å². The third kappa shape index (κ3) is 2.73. The number of ether oxygens (including phenoxy) is 1. The molecule has 0 bridgehead atoms. The minimum atomic E-state index is -0.383. The summed E-state index contributed by atoms with van der Waals surface area (Å²) in [4.78, 5) is 18.0. The van der Waals surface area contributed by atoms with Gasteiger partial charge in [0.05, 0.1) is 24.9 Å². The highest BCUT2D eigenvalue weighted by molar-refractivity contribution is 7.99. The van der Waals surface area contributed by atoms with Crippen molar-refractivity contribution in [1.82, 2.24) is 14.9 Å². The van der Waals surface area contributed by atoms with Gasteiger partial charge in [-0.1, -0.05) is 23.9 Å². The number of nitrogens with zero attached hydrogens (tertiary/aromatic N) is 2. The van der Waals surface area contributed by atoms with Crippen molar-refractivity contribution in [1.29, 1.82) is 0 Å². The maximum absolute atomic E-state index is 11.8. The van der Waals surface area contributed by atoms with E-state index in [-0.39, 0.29) is 12.5 Å². The van der Waals surface area contributed by atoms with Gasteiger partial charge in [0.1, 0.15) is 5.03 Å². The van der Waals surface area contributed by atoms with Crippen LogP contribution in [0.25, 0.3) is 4.96 Å². The first kappa shape index (κ1) is 15.0. The van der Waals surface area contributed by atoms with Gasteiger partial charge in [0.25, 0.3) is 0 Å². The number of esters is 1. The second-order valence-corrected chi connectivity index (χ2v) is 6.25. The molecule has 0 aliphatic carbocycles. The van der Waals surface area contributed by atoms with E-state index in [1.807, 2.05) is 28.1 Å². The zero-order chi connectivity index (χ0) is 15.5. The van der Waals surface area contributed by atoms with Gasteiger partial charge in [0.2, 0.25) is 0 Å². The number of carbonyl (C=O) groups is 1. The molecule has 0 aliphatic heterocycles. The SMILES string of the molecule is COC(=O)c1ccccc1Sc1nc2sccn2c1CNO. The van der Waals surface area contributed by atoms with Gasteiger partial charge in [0.15, 0.2) is 4.96 Å². The number of imidazole rings is 1. The van der Waals surface area contributed by atoms with E-state index >= 15 is 0 Å². The molecule has 2 heterocycles. The van der Waals surface area contributed by atoms with Gasteiger partial charge >= 0.3 is 5.97 Å². The Kier molecular flexibility index (Phi) is 4.44. The van der Waals surface area contributed by atoms with E-state index in [0.717, 1.165) is 20.6 Å². The van der Waals surface area contributed by atoms with Crippen LogP contribution < -0.4 is 5.48 Å². The number of carbonyl (C=O) groups excluding carboxylic acids is 1. The topological polar surface area (TPSA) is 75.9 Å². The predicted octanol–water partition coefficient (Wildman–Crippen LogP) is 2.81. The molecule has 0 aliphatic rings. The molecule has 2 aromatic heterocycles. The molecule has 0 spiro atoms. The maximum Gasteiger partial charge on any atom is 0.339 e. The molecular formula is C14H13N3O3S2. The molecule has 6 nitrogen and oxygen atoms in total.